The van der Waals surface area contributed by atoms with Gasteiger partial charge in [-0.05, 0) is 19.5 Å². The number of hydrogen-bond acceptors (Lipinski definition) is 4. The number of rotatable bonds is 6. The molecule has 0 heterocycles. The van der Waals surface area contributed by atoms with Crippen LogP contribution in [0.25, 0.3) is 0 Å². The van der Waals surface area contributed by atoms with E-state index in [0.717, 1.165) is 11.3 Å². The maximum atomic E-state index is 8.91. The number of methoxy groups -OCH3 is 1. The maximum absolute atomic E-state index is 8.91. The molecule has 0 saturated heterocycles. The van der Waals surface area contributed by atoms with Crippen LogP contribution in [0.2, 0.25) is 0 Å². The van der Waals surface area contributed by atoms with Crippen LogP contribution < -0.4 is 14.8 Å². The first-order valence-electron chi connectivity index (χ1n) is 5.62. The minimum absolute atomic E-state index is 0.419. The normalized spacial score (nSPS) is 11.6. The molecule has 92 valence electrons. The summed E-state index contributed by atoms with van der Waals surface area (Å²) in [6.07, 6.45) is 0.241. The topological polar surface area (TPSA) is 54.3 Å². The lowest BCUT2D eigenvalue weighted by molar-refractivity contribution is 0.247. The van der Waals surface area contributed by atoms with Crippen molar-refractivity contribution in [1.29, 1.82) is 5.26 Å². The van der Waals surface area contributed by atoms with E-state index in [4.69, 9.17) is 14.7 Å². The first kappa shape index (κ1) is 13.3. The summed E-state index contributed by atoms with van der Waals surface area (Å²) in [5.74, 6) is 1.43. The molecule has 1 aromatic carbocycles. The fraction of sp³-hybridized carbons (Fsp3) is 0.462. The maximum Gasteiger partial charge on any atom is 0.184 e. The van der Waals surface area contributed by atoms with Gasteiger partial charge in [0.1, 0.15) is 17.6 Å². The zero-order valence-electron chi connectivity index (χ0n) is 10.5. The lowest BCUT2D eigenvalue weighted by atomic mass is 10.2. The minimum Gasteiger partial charge on any atom is -0.497 e. The summed E-state index contributed by atoms with van der Waals surface area (Å²) in [4.78, 5) is 0. The van der Waals surface area contributed by atoms with Crippen molar-refractivity contribution in [2.45, 2.75) is 26.0 Å². The van der Waals surface area contributed by atoms with Crippen LogP contribution in [0.4, 0.5) is 0 Å². The Kier molecular flexibility index (Phi) is 5.31. The van der Waals surface area contributed by atoms with Gasteiger partial charge in [-0.3, -0.25) is 0 Å². The number of ether oxygens (including phenoxy) is 2. The Bertz CT molecular complexity index is 399. The summed E-state index contributed by atoms with van der Waals surface area (Å²) in [6, 6.07) is 7.76. The molecule has 0 aromatic heterocycles. The molecule has 0 radical (unpaired) electrons. The van der Waals surface area contributed by atoms with Crippen molar-refractivity contribution in [2.24, 2.45) is 0 Å². The van der Waals surface area contributed by atoms with Gasteiger partial charge in [-0.25, -0.2) is 0 Å². The Morgan fingerprint density at radius 2 is 2.24 bits per heavy atom. The Labute approximate surface area is 102 Å². The van der Waals surface area contributed by atoms with Gasteiger partial charge in [-0.1, -0.05) is 13.0 Å². The standard InChI is InChI=1S/C13H18N2O2/c1-4-11(8-14)17-13-7-12(16-3)6-5-10(13)9-15-2/h5-7,11,15H,4,9H2,1-3H3. The van der Waals surface area contributed by atoms with Gasteiger partial charge in [0, 0.05) is 18.2 Å². The largest absolute Gasteiger partial charge is 0.497 e. The highest BCUT2D eigenvalue weighted by Crippen LogP contribution is 2.26. The summed E-state index contributed by atoms with van der Waals surface area (Å²) < 4.78 is 10.8. The van der Waals surface area contributed by atoms with Crippen molar-refractivity contribution < 1.29 is 9.47 Å². The van der Waals surface area contributed by atoms with Gasteiger partial charge in [0.15, 0.2) is 6.10 Å². The highest BCUT2D eigenvalue weighted by molar-refractivity contribution is 5.41. The van der Waals surface area contributed by atoms with E-state index in [1.165, 1.54) is 0 Å². The van der Waals surface area contributed by atoms with Gasteiger partial charge < -0.3 is 14.8 Å². The highest BCUT2D eigenvalue weighted by atomic mass is 16.5. The second kappa shape index (κ2) is 6.77. The molecule has 0 bridgehead atoms. The van der Waals surface area contributed by atoms with E-state index in [1.807, 2.05) is 32.2 Å². The Hall–Kier alpha value is -1.73. The lowest BCUT2D eigenvalue weighted by Gasteiger charge is -2.15. The summed E-state index contributed by atoms with van der Waals surface area (Å²) in [5, 5.41) is 12.0. The highest BCUT2D eigenvalue weighted by Gasteiger charge is 2.11. The zero-order valence-corrected chi connectivity index (χ0v) is 10.5. The number of hydrogen-bond donors (Lipinski definition) is 1. The average molecular weight is 234 g/mol. The number of nitrogens with zero attached hydrogens (tertiary/aromatic N) is 1. The summed E-state index contributed by atoms with van der Waals surface area (Å²) in [5.41, 5.74) is 1.02. The predicted octanol–water partition coefficient (Wildman–Crippen LogP) is 2.10. The molecule has 0 aliphatic rings. The molecule has 0 aliphatic carbocycles. The first-order chi connectivity index (χ1) is 8.24. The van der Waals surface area contributed by atoms with Crippen molar-refractivity contribution in [2.75, 3.05) is 14.2 Å². The van der Waals surface area contributed by atoms with Gasteiger partial charge in [0.2, 0.25) is 0 Å². The lowest BCUT2D eigenvalue weighted by Crippen LogP contribution is -2.15. The number of nitrogens with one attached hydrogen (secondary N) is 1. The molecule has 17 heavy (non-hydrogen) atoms. The van der Waals surface area contributed by atoms with Crippen molar-refractivity contribution >= 4 is 0 Å². The fourth-order valence-electron chi connectivity index (χ4n) is 1.46. The van der Waals surface area contributed by atoms with Crippen LogP contribution in [0.5, 0.6) is 11.5 Å². The van der Waals surface area contributed by atoms with E-state index in [1.54, 1.807) is 7.11 Å². The zero-order chi connectivity index (χ0) is 12.7. The minimum atomic E-state index is -0.419. The molecular weight excluding hydrogens is 216 g/mol. The van der Waals surface area contributed by atoms with E-state index in [0.29, 0.717) is 18.7 Å². The molecule has 1 rings (SSSR count). The smallest absolute Gasteiger partial charge is 0.184 e. The third kappa shape index (κ3) is 3.65. The second-order valence-corrected chi connectivity index (χ2v) is 3.65. The van der Waals surface area contributed by atoms with Crippen LogP contribution >= 0.6 is 0 Å². The average Bonchev–Trinajstić information content (AvgIpc) is 2.37. The molecule has 0 fully saturated rings. The van der Waals surface area contributed by atoms with Gasteiger partial charge in [-0.2, -0.15) is 5.26 Å². The van der Waals surface area contributed by atoms with E-state index in [-0.39, 0.29) is 0 Å². The Morgan fingerprint density at radius 1 is 1.47 bits per heavy atom. The number of benzene rings is 1. The molecule has 0 spiro atoms. The molecule has 1 unspecified atom stereocenters. The van der Waals surface area contributed by atoms with Crippen molar-refractivity contribution in [3.8, 4) is 17.6 Å². The van der Waals surface area contributed by atoms with Gasteiger partial charge >= 0.3 is 0 Å². The van der Waals surface area contributed by atoms with Crippen LogP contribution in [0.3, 0.4) is 0 Å². The van der Waals surface area contributed by atoms with Gasteiger partial charge in [-0.15, -0.1) is 0 Å². The van der Waals surface area contributed by atoms with E-state index in [9.17, 15) is 0 Å². The molecule has 4 nitrogen and oxygen atoms in total. The summed E-state index contributed by atoms with van der Waals surface area (Å²) >= 11 is 0. The van der Waals surface area contributed by atoms with E-state index in [2.05, 4.69) is 11.4 Å². The molecular formula is C13H18N2O2. The summed E-state index contributed by atoms with van der Waals surface area (Å²) in [6.45, 7) is 2.62. The van der Waals surface area contributed by atoms with Crippen molar-refractivity contribution in [1.82, 2.24) is 5.32 Å². The predicted molar refractivity (Wildman–Crippen MR) is 66.1 cm³/mol. The van der Waals surface area contributed by atoms with Crippen LogP contribution in [0, 0.1) is 11.3 Å². The molecule has 0 aliphatic heterocycles. The van der Waals surface area contributed by atoms with Crippen LogP contribution in [-0.4, -0.2) is 20.3 Å². The molecule has 1 N–H and O–H groups in total. The molecule has 0 amide bonds. The van der Waals surface area contributed by atoms with Crippen molar-refractivity contribution in [3.63, 3.8) is 0 Å². The van der Waals surface area contributed by atoms with Gasteiger partial charge in [0.05, 0.1) is 7.11 Å². The number of nitriles is 1. The molecule has 1 atom stereocenters. The van der Waals surface area contributed by atoms with Crippen LogP contribution in [0.1, 0.15) is 18.9 Å². The second-order valence-electron chi connectivity index (χ2n) is 3.65. The van der Waals surface area contributed by atoms with E-state index < -0.39 is 6.10 Å². The van der Waals surface area contributed by atoms with Crippen LogP contribution in [-0.2, 0) is 6.54 Å². The Morgan fingerprint density at radius 3 is 2.76 bits per heavy atom. The van der Waals surface area contributed by atoms with Crippen molar-refractivity contribution in [3.05, 3.63) is 23.8 Å². The summed E-state index contributed by atoms with van der Waals surface area (Å²) in [7, 11) is 3.48. The van der Waals surface area contributed by atoms with Crippen LogP contribution in [0.15, 0.2) is 18.2 Å². The third-order valence-corrected chi connectivity index (χ3v) is 2.43. The molecule has 1 aromatic rings. The fourth-order valence-corrected chi connectivity index (χ4v) is 1.46. The monoisotopic (exact) mass is 234 g/mol. The molecule has 4 heteroatoms. The quantitative estimate of drug-likeness (QED) is 0.819. The van der Waals surface area contributed by atoms with E-state index >= 15 is 0 Å². The molecule has 0 saturated carbocycles. The SMILES string of the molecule is CCC(C#N)Oc1cc(OC)ccc1CNC. The van der Waals surface area contributed by atoms with Gasteiger partial charge in [0.25, 0.3) is 0 Å². The first-order valence-corrected chi connectivity index (χ1v) is 5.62. The third-order valence-electron chi connectivity index (χ3n) is 2.43. The Balaban J connectivity index is 2.96.